The number of rotatable bonds is 6. The van der Waals surface area contributed by atoms with Gasteiger partial charge < -0.3 is 19.9 Å². The van der Waals surface area contributed by atoms with Gasteiger partial charge in [-0.05, 0) is 44.7 Å². The van der Waals surface area contributed by atoms with Crippen LogP contribution in [-0.4, -0.2) is 71.1 Å². The Hall–Kier alpha value is -3.27. The molecule has 0 radical (unpaired) electrons. The number of anilines is 2. The van der Waals surface area contributed by atoms with Crippen molar-refractivity contribution in [3.05, 3.63) is 45.5 Å². The Balaban J connectivity index is 1.33. The largest absolute Gasteiger partial charge is 0.378 e. The molecule has 0 spiro atoms. The Morgan fingerprint density at radius 1 is 1.21 bits per heavy atom. The van der Waals surface area contributed by atoms with Crippen LogP contribution in [0.1, 0.15) is 36.1 Å². The normalized spacial score (nSPS) is 18.6. The molecule has 4 rings (SSSR count). The summed E-state index contributed by atoms with van der Waals surface area (Å²) in [4.78, 5) is 53.7. The number of aromatic nitrogens is 3. The van der Waals surface area contributed by atoms with Gasteiger partial charge in [0.15, 0.2) is 0 Å². The molecule has 2 saturated heterocycles. The van der Waals surface area contributed by atoms with Crippen molar-refractivity contribution in [1.82, 2.24) is 19.9 Å². The van der Waals surface area contributed by atoms with E-state index in [0.29, 0.717) is 68.8 Å². The lowest BCUT2D eigenvalue weighted by Crippen LogP contribution is -2.44. The number of nitrogens with zero attached hydrogens (tertiary/aromatic N) is 4. The maximum absolute atomic E-state index is 12.9. The molecule has 10 heteroatoms. The molecule has 0 aliphatic carbocycles. The maximum atomic E-state index is 12.9. The second-order valence-corrected chi connectivity index (χ2v) is 8.94. The number of carbonyl (C=O) groups is 2. The van der Waals surface area contributed by atoms with Crippen LogP contribution in [0, 0.1) is 19.8 Å². The number of nitrogens with one attached hydrogen (secondary N) is 2. The first kappa shape index (κ1) is 23.9. The fourth-order valence-corrected chi connectivity index (χ4v) is 4.39. The van der Waals surface area contributed by atoms with Gasteiger partial charge in [0, 0.05) is 50.1 Å². The summed E-state index contributed by atoms with van der Waals surface area (Å²) < 4.78 is 5.35. The van der Waals surface area contributed by atoms with Crippen molar-refractivity contribution >= 4 is 23.6 Å². The number of amides is 2. The molecule has 2 aliphatic rings. The number of morpholine rings is 1. The fraction of sp³-hybridized carbons (Fsp3) is 0.542. The zero-order valence-corrected chi connectivity index (χ0v) is 19.8. The first-order chi connectivity index (χ1) is 16.4. The molecule has 2 aromatic rings. The highest BCUT2D eigenvalue weighted by Crippen LogP contribution is 2.20. The molecule has 0 aromatic carbocycles. The predicted octanol–water partition coefficient (Wildman–Crippen LogP) is 1.43. The molecule has 4 heterocycles. The zero-order chi connectivity index (χ0) is 24.1. The van der Waals surface area contributed by atoms with Gasteiger partial charge >= 0.3 is 0 Å². The summed E-state index contributed by atoms with van der Waals surface area (Å²) in [6.45, 7) is 7.32. The van der Waals surface area contributed by atoms with Crippen LogP contribution in [0.2, 0.25) is 0 Å². The third kappa shape index (κ3) is 5.80. The minimum Gasteiger partial charge on any atom is -0.378 e. The Morgan fingerprint density at radius 2 is 2.00 bits per heavy atom. The van der Waals surface area contributed by atoms with Gasteiger partial charge in [0.2, 0.25) is 17.8 Å². The maximum Gasteiger partial charge on any atom is 0.255 e. The Labute approximate surface area is 198 Å². The van der Waals surface area contributed by atoms with E-state index >= 15 is 0 Å². The van der Waals surface area contributed by atoms with E-state index in [1.165, 1.54) is 0 Å². The van der Waals surface area contributed by atoms with E-state index in [0.717, 1.165) is 18.4 Å². The number of pyridine rings is 1. The molecule has 2 fully saturated rings. The van der Waals surface area contributed by atoms with Crippen LogP contribution in [0.4, 0.5) is 11.8 Å². The molecule has 2 aliphatic heterocycles. The van der Waals surface area contributed by atoms with Gasteiger partial charge in [0.1, 0.15) is 5.82 Å². The molecule has 0 saturated carbocycles. The number of piperidine rings is 1. The molecule has 0 bridgehead atoms. The predicted molar refractivity (Wildman–Crippen MR) is 128 cm³/mol. The summed E-state index contributed by atoms with van der Waals surface area (Å²) in [5.41, 5.74) is 1.98. The van der Waals surface area contributed by atoms with Crippen LogP contribution in [0.15, 0.2) is 23.1 Å². The van der Waals surface area contributed by atoms with E-state index in [1.54, 1.807) is 24.1 Å². The topological polar surface area (TPSA) is 121 Å². The molecule has 2 N–H and O–H groups in total. The summed E-state index contributed by atoms with van der Waals surface area (Å²) in [7, 11) is 0. The van der Waals surface area contributed by atoms with E-state index < -0.39 is 0 Å². The van der Waals surface area contributed by atoms with Crippen LogP contribution in [0.5, 0.6) is 0 Å². The van der Waals surface area contributed by atoms with E-state index in [4.69, 9.17) is 4.74 Å². The summed E-state index contributed by atoms with van der Waals surface area (Å²) in [5, 5.41) is 2.85. The summed E-state index contributed by atoms with van der Waals surface area (Å²) in [6, 6.07) is 3.67. The van der Waals surface area contributed by atoms with E-state index in [-0.39, 0.29) is 29.7 Å². The highest BCUT2D eigenvalue weighted by atomic mass is 16.5. The zero-order valence-electron chi connectivity index (χ0n) is 19.8. The molecule has 182 valence electrons. The first-order valence-electron chi connectivity index (χ1n) is 11.8. The number of aromatic amines is 1. The number of ether oxygens (including phenoxy) is 1. The molecule has 10 nitrogen and oxygen atoms in total. The molecule has 2 aromatic heterocycles. The number of hydrogen-bond acceptors (Lipinski definition) is 7. The van der Waals surface area contributed by atoms with Gasteiger partial charge in [-0.2, -0.15) is 0 Å². The SMILES string of the molecule is Cc1ccc(NC(=O)C2CCCN(C(=O)CCc3c(C)nc(N4CCOCC4)[nH]c3=O)C2)nc1. The average molecular weight is 469 g/mol. The van der Waals surface area contributed by atoms with Crippen LogP contribution < -0.4 is 15.8 Å². The monoisotopic (exact) mass is 468 g/mol. The van der Waals surface area contributed by atoms with E-state index in [2.05, 4.69) is 20.3 Å². The lowest BCUT2D eigenvalue weighted by molar-refractivity contribution is -0.134. The summed E-state index contributed by atoms with van der Waals surface area (Å²) in [5.74, 6) is 0.613. The average Bonchev–Trinajstić information content (AvgIpc) is 2.85. The highest BCUT2D eigenvalue weighted by Gasteiger charge is 2.29. The third-order valence-corrected chi connectivity index (χ3v) is 6.42. The van der Waals surface area contributed by atoms with Gasteiger partial charge in [0.25, 0.3) is 5.56 Å². The molecule has 2 amide bonds. The standard InChI is InChI=1S/C24H32N6O4/c1-16-5-7-20(25-14-16)27-22(32)18-4-3-9-30(15-18)21(31)8-6-19-17(2)26-24(28-23(19)33)29-10-12-34-13-11-29/h5,7,14,18H,3-4,6,8-13,15H2,1-2H3,(H,25,27,32)(H,26,28,33). The van der Waals surface area contributed by atoms with Crippen LogP contribution in [-0.2, 0) is 20.7 Å². The van der Waals surface area contributed by atoms with E-state index in [1.807, 2.05) is 17.9 Å². The quantitative estimate of drug-likeness (QED) is 0.658. The molecule has 1 atom stereocenters. The van der Waals surface area contributed by atoms with Crippen molar-refractivity contribution < 1.29 is 14.3 Å². The van der Waals surface area contributed by atoms with Crippen LogP contribution in [0.3, 0.4) is 0 Å². The molecular formula is C24H32N6O4. The van der Waals surface area contributed by atoms with Gasteiger partial charge in [-0.25, -0.2) is 9.97 Å². The molecule has 1 unspecified atom stereocenters. The summed E-state index contributed by atoms with van der Waals surface area (Å²) >= 11 is 0. The van der Waals surface area contributed by atoms with Crippen molar-refractivity contribution in [2.45, 2.75) is 39.5 Å². The highest BCUT2D eigenvalue weighted by molar-refractivity contribution is 5.92. The number of H-pyrrole nitrogens is 1. The number of hydrogen-bond donors (Lipinski definition) is 2. The van der Waals surface area contributed by atoms with Gasteiger partial charge in [-0.3, -0.25) is 19.4 Å². The molecule has 34 heavy (non-hydrogen) atoms. The Bertz CT molecular complexity index is 1080. The smallest absolute Gasteiger partial charge is 0.255 e. The van der Waals surface area contributed by atoms with Gasteiger partial charge in [0.05, 0.1) is 19.1 Å². The lowest BCUT2D eigenvalue weighted by Gasteiger charge is -2.32. The Morgan fingerprint density at radius 3 is 2.71 bits per heavy atom. The lowest BCUT2D eigenvalue weighted by atomic mass is 9.96. The fourth-order valence-electron chi connectivity index (χ4n) is 4.39. The third-order valence-electron chi connectivity index (χ3n) is 6.42. The van der Waals surface area contributed by atoms with Crippen molar-refractivity contribution in [3.63, 3.8) is 0 Å². The molecular weight excluding hydrogens is 436 g/mol. The van der Waals surface area contributed by atoms with Crippen molar-refractivity contribution in [3.8, 4) is 0 Å². The second kappa shape index (κ2) is 10.8. The van der Waals surface area contributed by atoms with Crippen LogP contribution >= 0.6 is 0 Å². The van der Waals surface area contributed by atoms with Gasteiger partial charge in [-0.1, -0.05) is 6.07 Å². The van der Waals surface area contributed by atoms with Crippen molar-refractivity contribution in [2.75, 3.05) is 49.6 Å². The van der Waals surface area contributed by atoms with Crippen LogP contribution in [0.25, 0.3) is 0 Å². The Kier molecular flexibility index (Phi) is 7.56. The second-order valence-electron chi connectivity index (χ2n) is 8.94. The van der Waals surface area contributed by atoms with Crippen molar-refractivity contribution in [1.29, 1.82) is 0 Å². The van der Waals surface area contributed by atoms with Crippen molar-refractivity contribution in [2.24, 2.45) is 5.92 Å². The van der Waals surface area contributed by atoms with Gasteiger partial charge in [-0.15, -0.1) is 0 Å². The number of carbonyl (C=O) groups excluding carboxylic acids is 2. The summed E-state index contributed by atoms with van der Waals surface area (Å²) in [6.07, 6.45) is 3.72. The minimum absolute atomic E-state index is 0.0537. The first-order valence-corrected chi connectivity index (χ1v) is 11.8. The number of likely N-dealkylation sites (tertiary alicyclic amines) is 1. The minimum atomic E-state index is -0.277. The number of aryl methyl sites for hydroxylation is 2. The van der Waals surface area contributed by atoms with E-state index in [9.17, 15) is 14.4 Å².